The van der Waals surface area contributed by atoms with Gasteiger partial charge in [0.15, 0.2) is 17.1 Å². The molecule has 0 fully saturated rings. The average Bonchev–Trinajstić information content (AvgIpc) is 3.67. The number of unbranched alkanes of at least 4 members (excludes halogenated alkanes) is 1. The second kappa shape index (κ2) is 9.26. The van der Waals surface area contributed by atoms with Gasteiger partial charge in [0.05, 0.1) is 35.3 Å². The second-order valence-corrected chi connectivity index (χ2v) is 8.55. The Kier molecular flexibility index (Phi) is 5.64. The van der Waals surface area contributed by atoms with Crippen LogP contribution in [0.1, 0.15) is 26.2 Å². The number of furan rings is 1. The van der Waals surface area contributed by atoms with Crippen LogP contribution in [0, 0.1) is 5.82 Å². The molecule has 10 nitrogen and oxygen atoms in total. The topological polar surface area (TPSA) is 138 Å². The fourth-order valence-electron chi connectivity index (χ4n) is 4.23. The lowest BCUT2D eigenvalue weighted by Crippen LogP contribution is -2.11. The Bertz CT molecular complexity index is 1740. The first kappa shape index (κ1) is 22.5. The Balaban J connectivity index is 1.41. The number of aromatic amines is 2. The minimum absolute atomic E-state index is 0.111. The summed E-state index contributed by atoms with van der Waals surface area (Å²) in [7, 11) is 0. The molecule has 0 aliphatic carbocycles. The maximum Gasteiger partial charge on any atom is 0.224 e. The van der Waals surface area contributed by atoms with E-state index in [9.17, 15) is 4.79 Å². The fourth-order valence-corrected chi connectivity index (χ4v) is 4.23. The number of rotatable bonds is 7. The number of amides is 1. The number of H-pyrrole nitrogens is 2. The van der Waals surface area contributed by atoms with Gasteiger partial charge < -0.3 is 14.7 Å². The van der Waals surface area contributed by atoms with Crippen LogP contribution in [-0.4, -0.2) is 41.0 Å². The van der Waals surface area contributed by atoms with E-state index in [0.717, 1.165) is 24.0 Å². The van der Waals surface area contributed by atoms with E-state index in [2.05, 4.69) is 40.4 Å². The van der Waals surface area contributed by atoms with Crippen molar-refractivity contribution >= 4 is 33.8 Å². The van der Waals surface area contributed by atoms with Crippen LogP contribution in [0.2, 0.25) is 0 Å². The summed E-state index contributed by atoms with van der Waals surface area (Å²) < 4.78 is 21.2. The Hall–Kier alpha value is -4.93. The number of carbonyl (C=O) groups excluding carboxylic acids is 1. The van der Waals surface area contributed by atoms with Crippen LogP contribution in [0.3, 0.4) is 0 Å². The second-order valence-electron chi connectivity index (χ2n) is 8.55. The minimum Gasteiger partial charge on any atom is -0.472 e. The van der Waals surface area contributed by atoms with Crippen LogP contribution in [0.25, 0.3) is 56.0 Å². The van der Waals surface area contributed by atoms with Gasteiger partial charge >= 0.3 is 0 Å². The molecule has 6 aromatic heterocycles. The molecule has 0 aliphatic rings. The van der Waals surface area contributed by atoms with Gasteiger partial charge in [0.1, 0.15) is 11.5 Å². The summed E-state index contributed by atoms with van der Waals surface area (Å²) in [6.07, 6.45) is 11.4. The van der Waals surface area contributed by atoms with Crippen LogP contribution in [-0.2, 0) is 4.79 Å². The van der Waals surface area contributed by atoms with Crippen LogP contribution >= 0.6 is 0 Å². The third kappa shape index (κ3) is 4.10. The molecule has 184 valence electrons. The minimum atomic E-state index is -0.534. The zero-order valence-electron chi connectivity index (χ0n) is 19.7. The van der Waals surface area contributed by atoms with Crippen molar-refractivity contribution in [1.29, 1.82) is 0 Å². The summed E-state index contributed by atoms with van der Waals surface area (Å²) in [5, 5.41) is 10.0. The van der Waals surface area contributed by atoms with Crippen molar-refractivity contribution in [2.45, 2.75) is 26.2 Å². The number of nitrogens with zero attached hydrogens (tertiary/aromatic N) is 5. The summed E-state index contributed by atoms with van der Waals surface area (Å²) in [5.74, 6) is -0.275. The monoisotopic (exact) mass is 496 g/mol. The maximum atomic E-state index is 16.0. The number of fused-ring (bicyclic) bond motifs is 2. The molecular weight excluding hydrogens is 475 g/mol. The van der Waals surface area contributed by atoms with Gasteiger partial charge in [-0.05, 0) is 24.6 Å². The molecule has 0 unspecified atom stereocenters. The van der Waals surface area contributed by atoms with Crippen LogP contribution in [0.4, 0.5) is 10.1 Å². The Morgan fingerprint density at radius 3 is 2.86 bits per heavy atom. The molecule has 0 aliphatic heterocycles. The third-order valence-corrected chi connectivity index (χ3v) is 6.07. The molecule has 0 atom stereocenters. The van der Waals surface area contributed by atoms with E-state index >= 15 is 4.39 Å². The number of nitrogens with one attached hydrogen (secondary N) is 3. The van der Waals surface area contributed by atoms with Crippen molar-refractivity contribution in [1.82, 2.24) is 35.1 Å². The van der Waals surface area contributed by atoms with Crippen LogP contribution in [0.15, 0.2) is 59.9 Å². The zero-order valence-corrected chi connectivity index (χ0v) is 19.7. The number of hydrogen-bond donors (Lipinski definition) is 3. The molecule has 0 aromatic carbocycles. The van der Waals surface area contributed by atoms with E-state index in [1.165, 1.54) is 18.6 Å². The zero-order chi connectivity index (χ0) is 25.4. The molecule has 11 heteroatoms. The normalized spacial score (nSPS) is 11.4. The Morgan fingerprint density at radius 2 is 2.03 bits per heavy atom. The highest BCUT2D eigenvalue weighted by atomic mass is 19.1. The molecule has 0 radical (unpaired) electrons. The molecule has 6 heterocycles. The predicted octanol–water partition coefficient (Wildman–Crippen LogP) is 5.49. The van der Waals surface area contributed by atoms with Crippen LogP contribution in [0.5, 0.6) is 0 Å². The van der Waals surface area contributed by atoms with Gasteiger partial charge in [-0.1, -0.05) is 13.3 Å². The van der Waals surface area contributed by atoms with Crippen LogP contribution < -0.4 is 5.32 Å². The van der Waals surface area contributed by atoms with Crippen molar-refractivity contribution in [3.63, 3.8) is 0 Å². The number of anilines is 1. The average molecular weight is 497 g/mol. The van der Waals surface area contributed by atoms with Gasteiger partial charge in [-0.25, -0.2) is 19.3 Å². The summed E-state index contributed by atoms with van der Waals surface area (Å²) >= 11 is 0. The van der Waals surface area contributed by atoms with Crippen molar-refractivity contribution in [3.05, 3.63) is 61.3 Å². The standard InChI is InChI=1S/C26H21FN8O2/c1-2-3-4-19(36)31-16-9-15(10-28-11-16)18-12-30-24-20(21(18)27)23(34-35-24)26-32-22-17(14-6-8-37-13-14)5-7-29-25(22)33-26/h5-13H,2-4H2,1H3,(H,31,36)(H,29,32,33)(H,30,34,35). The fraction of sp³-hybridized carbons (Fsp3) is 0.154. The van der Waals surface area contributed by atoms with Gasteiger partial charge in [-0.2, -0.15) is 5.10 Å². The van der Waals surface area contributed by atoms with Crippen molar-refractivity contribution in [2.75, 3.05) is 5.32 Å². The summed E-state index contributed by atoms with van der Waals surface area (Å²) in [5.41, 5.74) is 4.60. The number of halogens is 1. The number of imidazole rings is 1. The van der Waals surface area contributed by atoms with E-state index in [4.69, 9.17) is 4.42 Å². The highest BCUT2D eigenvalue weighted by Gasteiger charge is 2.21. The number of carbonyl (C=O) groups is 1. The molecule has 1 amide bonds. The van der Waals surface area contributed by atoms with E-state index in [1.807, 2.05) is 19.1 Å². The molecule has 37 heavy (non-hydrogen) atoms. The molecule has 3 N–H and O–H groups in total. The first-order valence-electron chi connectivity index (χ1n) is 11.8. The Morgan fingerprint density at radius 1 is 1.11 bits per heavy atom. The number of aromatic nitrogens is 7. The first-order chi connectivity index (χ1) is 18.1. The highest BCUT2D eigenvalue weighted by Crippen LogP contribution is 2.34. The smallest absolute Gasteiger partial charge is 0.224 e. The number of pyridine rings is 3. The lowest BCUT2D eigenvalue weighted by molar-refractivity contribution is -0.116. The van der Waals surface area contributed by atoms with Gasteiger partial charge in [-0.3, -0.25) is 14.9 Å². The first-order valence-corrected chi connectivity index (χ1v) is 11.8. The highest BCUT2D eigenvalue weighted by molar-refractivity contribution is 5.97. The molecule has 0 bridgehead atoms. The molecular formula is C26H21FN8O2. The molecule has 6 rings (SSSR count). The molecule has 0 saturated carbocycles. The van der Waals surface area contributed by atoms with Gasteiger partial charge in [0.2, 0.25) is 5.91 Å². The van der Waals surface area contributed by atoms with Gasteiger partial charge in [0, 0.05) is 47.3 Å². The maximum absolute atomic E-state index is 16.0. The third-order valence-electron chi connectivity index (χ3n) is 6.07. The lowest BCUT2D eigenvalue weighted by Gasteiger charge is -2.08. The predicted molar refractivity (Wildman–Crippen MR) is 136 cm³/mol. The van der Waals surface area contributed by atoms with Crippen molar-refractivity contribution in [3.8, 4) is 33.8 Å². The lowest BCUT2D eigenvalue weighted by atomic mass is 10.1. The molecule has 0 spiro atoms. The van der Waals surface area contributed by atoms with Gasteiger partial charge in [-0.15, -0.1) is 0 Å². The molecule has 0 saturated heterocycles. The summed E-state index contributed by atoms with van der Waals surface area (Å²) in [4.78, 5) is 32.8. The largest absolute Gasteiger partial charge is 0.472 e. The van der Waals surface area contributed by atoms with E-state index in [0.29, 0.717) is 40.4 Å². The van der Waals surface area contributed by atoms with Crippen molar-refractivity contribution in [2.24, 2.45) is 0 Å². The Labute approximate surface area is 209 Å². The van der Waals surface area contributed by atoms with E-state index < -0.39 is 5.82 Å². The van der Waals surface area contributed by atoms with Gasteiger partial charge in [0.25, 0.3) is 0 Å². The van der Waals surface area contributed by atoms with E-state index in [-0.39, 0.29) is 22.5 Å². The SMILES string of the molecule is CCCCC(=O)Nc1cncc(-c2cnc3n[nH]c(-c4nc5nccc(-c6ccoc6)c5[nH]4)c3c2F)c1. The number of hydrogen-bond acceptors (Lipinski definition) is 7. The summed E-state index contributed by atoms with van der Waals surface area (Å²) in [6, 6.07) is 5.36. The molecule has 6 aromatic rings. The van der Waals surface area contributed by atoms with E-state index in [1.54, 1.807) is 24.8 Å². The van der Waals surface area contributed by atoms with Crippen molar-refractivity contribution < 1.29 is 13.6 Å². The quantitative estimate of drug-likeness (QED) is 0.266. The summed E-state index contributed by atoms with van der Waals surface area (Å²) in [6.45, 7) is 2.02.